The molecule has 0 spiro atoms. The molecule has 2 rings (SSSR count). The molecule has 0 aromatic heterocycles. The van der Waals surface area contributed by atoms with E-state index in [1.165, 1.54) is 11.1 Å². The van der Waals surface area contributed by atoms with Crippen molar-refractivity contribution in [1.29, 1.82) is 0 Å². The first-order chi connectivity index (χ1) is 9.10. The van der Waals surface area contributed by atoms with Gasteiger partial charge in [0.05, 0.1) is 6.54 Å². The van der Waals surface area contributed by atoms with Crippen LogP contribution in [0, 0.1) is 0 Å². The molecule has 1 aliphatic heterocycles. The van der Waals surface area contributed by atoms with Gasteiger partial charge in [0, 0.05) is 24.8 Å². The Labute approximate surface area is 115 Å². The number of anilines is 1. The van der Waals surface area contributed by atoms with Gasteiger partial charge < -0.3 is 11.1 Å². The third kappa shape index (κ3) is 3.47. The van der Waals surface area contributed by atoms with Crippen molar-refractivity contribution < 1.29 is 4.79 Å². The largest absolute Gasteiger partial charge is 0.398 e. The molecule has 0 aliphatic carbocycles. The smallest absolute Gasteiger partial charge is 0.234 e. The van der Waals surface area contributed by atoms with E-state index < -0.39 is 0 Å². The van der Waals surface area contributed by atoms with Crippen LogP contribution < -0.4 is 11.1 Å². The van der Waals surface area contributed by atoms with E-state index in [9.17, 15) is 4.79 Å². The fourth-order valence-electron chi connectivity index (χ4n) is 2.46. The average Bonchev–Trinajstić information content (AvgIpc) is 2.38. The van der Waals surface area contributed by atoms with Crippen LogP contribution >= 0.6 is 0 Å². The lowest BCUT2D eigenvalue weighted by Gasteiger charge is -2.29. The molecular formula is C15H23N3O. The second kappa shape index (κ2) is 6.06. The molecule has 0 saturated heterocycles. The highest BCUT2D eigenvalue weighted by Crippen LogP contribution is 2.23. The quantitative estimate of drug-likeness (QED) is 0.808. The van der Waals surface area contributed by atoms with Crippen molar-refractivity contribution in [2.24, 2.45) is 0 Å². The maximum Gasteiger partial charge on any atom is 0.234 e. The predicted molar refractivity (Wildman–Crippen MR) is 77.7 cm³/mol. The molecule has 1 heterocycles. The second-order valence-corrected chi connectivity index (χ2v) is 5.32. The van der Waals surface area contributed by atoms with Crippen molar-refractivity contribution in [3.63, 3.8) is 0 Å². The minimum absolute atomic E-state index is 0.113. The number of nitrogens with zero attached hydrogens (tertiary/aromatic N) is 1. The van der Waals surface area contributed by atoms with Crippen LogP contribution in [0.25, 0.3) is 0 Å². The Morgan fingerprint density at radius 2 is 2.32 bits per heavy atom. The van der Waals surface area contributed by atoms with Crippen LogP contribution in [-0.2, 0) is 17.8 Å². The third-order valence-corrected chi connectivity index (χ3v) is 3.77. The van der Waals surface area contributed by atoms with E-state index in [0.717, 1.165) is 31.6 Å². The average molecular weight is 261 g/mol. The van der Waals surface area contributed by atoms with Gasteiger partial charge in [0.15, 0.2) is 0 Å². The number of benzene rings is 1. The van der Waals surface area contributed by atoms with Crippen LogP contribution in [0.15, 0.2) is 18.2 Å². The van der Waals surface area contributed by atoms with Gasteiger partial charge in [-0.1, -0.05) is 19.1 Å². The molecule has 1 aromatic carbocycles. The molecule has 3 N–H and O–H groups in total. The van der Waals surface area contributed by atoms with E-state index in [1.54, 1.807) is 0 Å². The lowest BCUT2D eigenvalue weighted by Crippen LogP contribution is -2.42. The van der Waals surface area contributed by atoms with Gasteiger partial charge in [-0.05, 0) is 37.0 Å². The highest BCUT2D eigenvalue weighted by Gasteiger charge is 2.19. The number of nitrogens with two attached hydrogens (primary N) is 1. The Hall–Kier alpha value is -1.55. The van der Waals surface area contributed by atoms with E-state index in [0.29, 0.717) is 6.54 Å². The molecule has 1 unspecified atom stereocenters. The lowest BCUT2D eigenvalue weighted by atomic mass is 9.98. The summed E-state index contributed by atoms with van der Waals surface area (Å²) in [6.45, 7) is 6.29. The Balaban J connectivity index is 1.93. The normalized spacial score (nSPS) is 16.7. The van der Waals surface area contributed by atoms with Crippen LogP contribution in [0.3, 0.4) is 0 Å². The van der Waals surface area contributed by atoms with Crippen molar-refractivity contribution >= 4 is 11.6 Å². The highest BCUT2D eigenvalue weighted by atomic mass is 16.2. The fraction of sp³-hybridized carbons (Fsp3) is 0.533. The van der Waals surface area contributed by atoms with Gasteiger partial charge in [0.2, 0.25) is 5.91 Å². The van der Waals surface area contributed by atoms with Crippen molar-refractivity contribution in [1.82, 2.24) is 10.2 Å². The summed E-state index contributed by atoms with van der Waals surface area (Å²) in [7, 11) is 0. The molecule has 104 valence electrons. The Morgan fingerprint density at radius 3 is 3.05 bits per heavy atom. The third-order valence-electron chi connectivity index (χ3n) is 3.77. The van der Waals surface area contributed by atoms with Gasteiger partial charge in [-0.15, -0.1) is 0 Å². The first kappa shape index (κ1) is 13.9. The van der Waals surface area contributed by atoms with Crippen molar-refractivity contribution in [3.05, 3.63) is 29.3 Å². The zero-order chi connectivity index (χ0) is 13.8. The molecule has 4 nitrogen and oxygen atoms in total. The summed E-state index contributed by atoms with van der Waals surface area (Å²) < 4.78 is 0. The van der Waals surface area contributed by atoms with E-state index in [-0.39, 0.29) is 11.9 Å². The van der Waals surface area contributed by atoms with Crippen LogP contribution in [0.4, 0.5) is 5.69 Å². The number of nitrogen functional groups attached to an aromatic ring is 1. The minimum atomic E-state index is 0.113. The zero-order valence-electron chi connectivity index (χ0n) is 11.8. The topological polar surface area (TPSA) is 58.4 Å². The predicted octanol–water partition coefficient (Wildman–Crippen LogP) is 1.54. The van der Waals surface area contributed by atoms with Gasteiger partial charge in [-0.2, -0.15) is 0 Å². The Kier molecular flexibility index (Phi) is 4.43. The number of nitrogens with one attached hydrogen (secondary N) is 1. The first-order valence-electron chi connectivity index (χ1n) is 6.98. The first-order valence-corrected chi connectivity index (χ1v) is 6.98. The molecule has 1 atom stereocenters. The maximum atomic E-state index is 11.9. The van der Waals surface area contributed by atoms with Gasteiger partial charge >= 0.3 is 0 Å². The minimum Gasteiger partial charge on any atom is -0.398 e. The molecule has 0 bridgehead atoms. The number of rotatable bonds is 4. The van der Waals surface area contributed by atoms with Gasteiger partial charge in [-0.25, -0.2) is 0 Å². The number of carbonyl (C=O) groups excluding carboxylic acids is 1. The van der Waals surface area contributed by atoms with E-state index in [2.05, 4.69) is 23.2 Å². The second-order valence-electron chi connectivity index (χ2n) is 5.32. The summed E-state index contributed by atoms with van der Waals surface area (Å²) in [5, 5.41) is 3.01. The van der Waals surface area contributed by atoms with E-state index >= 15 is 0 Å². The van der Waals surface area contributed by atoms with Crippen LogP contribution in [-0.4, -0.2) is 29.9 Å². The molecule has 4 heteroatoms. The summed E-state index contributed by atoms with van der Waals surface area (Å²) in [5.41, 5.74) is 9.35. The number of amides is 1. The maximum absolute atomic E-state index is 11.9. The summed E-state index contributed by atoms with van der Waals surface area (Å²) in [6, 6.07) is 6.28. The zero-order valence-corrected chi connectivity index (χ0v) is 11.8. The van der Waals surface area contributed by atoms with E-state index in [4.69, 9.17) is 5.73 Å². The number of carbonyl (C=O) groups is 1. The molecule has 1 aliphatic rings. The number of fused-ring (bicyclic) bond motifs is 1. The summed E-state index contributed by atoms with van der Waals surface area (Å²) >= 11 is 0. The monoisotopic (exact) mass is 261 g/mol. The summed E-state index contributed by atoms with van der Waals surface area (Å²) in [4.78, 5) is 14.1. The highest BCUT2D eigenvalue weighted by molar-refractivity contribution is 5.78. The van der Waals surface area contributed by atoms with Crippen molar-refractivity contribution in [3.8, 4) is 0 Å². The number of hydrogen-bond acceptors (Lipinski definition) is 3. The molecule has 1 aromatic rings. The molecule has 19 heavy (non-hydrogen) atoms. The van der Waals surface area contributed by atoms with Crippen molar-refractivity contribution in [2.75, 3.05) is 18.8 Å². The number of hydrogen-bond donors (Lipinski definition) is 2. The fourth-order valence-corrected chi connectivity index (χ4v) is 2.46. The Bertz CT molecular complexity index is 459. The lowest BCUT2D eigenvalue weighted by molar-refractivity contribution is -0.123. The SMILES string of the molecule is CCC(C)NC(=O)CN1CCc2c(N)cccc2C1. The van der Waals surface area contributed by atoms with Crippen LogP contribution in [0.2, 0.25) is 0 Å². The molecule has 0 saturated carbocycles. The van der Waals surface area contributed by atoms with Crippen molar-refractivity contribution in [2.45, 2.75) is 39.3 Å². The van der Waals surface area contributed by atoms with Gasteiger partial charge in [-0.3, -0.25) is 9.69 Å². The van der Waals surface area contributed by atoms with Gasteiger partial charge in [0.1, 0.15) is 0 Å². The standard InChI is InChI=1S/C15H23N3O/c1-3-11(2)17-15(19)10-18-8-7-13-12(9-18)5-4-6-14(13)16/h4-6,11H,3,7-10,16H2,1-2H3,(H,17,19). The molecule has 1 amide bonds. The molecule has 0 fully saturated rings. The van der Waals surface area contributed by atoms with Crippen LogP contribution in [0.5, 0.6) is 0 Å². The molecular weight excluding hydrogens is 238 g/mol. The Morgan fingerprint density at radius 1 is 1.53 bits per heavy atom. The van der Waals surface area contributed by atoms with Gasteiger partial charge in [0.25, 0.3) is 0 Å². The summed E-state index contributed by atoms with van der Waals surface area (Å²) in [5.74, 6) is 0.113. The van der Waals surface area contributed by atoms with Crippen LogP contribution in [0.1, 0.15) is 31.4 Å². The molecule has 0 radical (unpaired) electrons. The van der Waals surface area contributed by atoms with E-state index in [1.807, 2.05) is 19.1 Å². The summed E-state index contributed by atoms with van der Waals surface area (Å²) in [6.07, 6.45) is 1.89.